The zero-order valence-corrected chi connectivity index (χ0v) is 19.0. The zero-order valence-electron chi connectivity index (χ0n) is 18.2. The number of aromatic nitrogens is 1. The maximum atomic E-state index is 12.0. The molecule has 0 spiro atoms. The highest BCUT2D eigenvalue weighted by atomic mass is 32.1. The molecule has 3 rings (SSSR count). The second kappa shape index (κ2) is 9.76. The van der Waals surface area contributed by atoms with Gasteiger partial charge in [0.2, 0.25) is 5.91 Å². The van der Waals surface area contributed by atoms with Crippen molar-refractivity contribution in [3.05, 3.63) is 39.8 Å². The number of likely N-dealkylation sites (N-methyl/N-ethyl adjacent to an activating group) is 1. The summed E-state index contributed by atoms with van der Waals surface area (Å²) in [6.07, 6.45) is 2.04. The van der Waals surface area contributed by atoms with Gasteiger partial charge in [0, 0.05) is 20.6 Å². The Labute approximate surface area is 182 Å². The molecular formula is C22H31N3O4S. The lowest BCUT2D eigenvalue weighted by Gasteiger charge is -2.25. The maximum absolute atomic E-state index is 12.0. The minimum atomic E-state index is -0.955. The summed E-state index contributed by atoms with van der Waals surface area (Å²) in [6.45, 7) is 4.23. The quantitative estimate of drug-likeness (QED) is 0.724. The van der Waals surface area contributed by atoms with Gasteiger partial charge in [-0.05, 0) is 57.0 Å². The predicted octanol–water partition coefficient (Wildman–Crippen LogP) is 2.80. The van der Waals surface area contributed by atoms with Gasteiger partial charge in [-0.1, -0.05) is 0 Å². The maximum Gasteiger partial charge on any atom is 0.236 e. The summed E-state index contributed by atoms with van der Waals surface area (Å²) in [5, 5.41) is 12.1. The molecule has 1 aliphatic heterocycles. The van der Waals surface area contributed by atoms with Gasteiger partial charge in [0.1, 0.15) is 28.7 Å². The van der Waals surface area contributed by atoms with Crippen molar-refractivity contribution in [2.24, 2.45) is 0 Å². The molecule has 1 aliphatic rings. The fourth-order valence-corrected chi connectivity index (χ4v) is 4.58. The Hall–Kier alpha value is -2.16. The van der Waals surface area contributed by atoms with Gasteiger partial charge in [0.25, 0.3) is 0 Å². The molecule has 1 amide bonds. The summed E-state index contributed by atoms with van der Waals surface area (Å²) in [7, 11) is 5.17. The molecule has 1 aromatic heterocycles. The van der Waals surface area contributed by atoms with Crippen molar-refractivity contribution in [1.82, 2.24) is 14.8 Å². The Bertz CT molecular complexity index is 853. The van der Waals surface area contributed by atoms with Crippen LogP contribution in [0.1, 0.15) is 34.8 Å². The fraction of sp³-hybridized carbons (Fsp3) is 0.545. The molecule has 0 aliphatic carbocycles. The summed E-state index contributed by atoms with van der Waals surface area (Å²) in [6, 6.07) is 7.47. The summed E-state index contributed by atoms with van der Waals surface area (Å²) in [5.74, 6) is 1.64. The van der Waals surface area contributed by atoms with Gasteiger partial charge in [0.15, 0.2) is 0 Å². The third-order valence-electron chi connectivity index (χ3n) is 5.48. The lowest BCUT2D eigenvalue weighted by molar-refractivity contribution is -0.129. The number of aliphatic hydroxyl groups is 1. The van der Waals surface area contributed by atoms with Crippen LogP contribution in [0, 0.1) is 6.92 Å². The van der Waals surface area contributed by atoms with E-state index in [9.17, 15) is 9.90 Å². The first-order chi connectivity index (χ1) is 14.3. The van der Waals surface area contributed by atoms with Gasteiger partial charge in [-0.2, -0.15) is 0 Å². The van der Waals surface area contributed by atoms with E-state index in [0.29, 0.717) is 32.5 Å². The fourth-order valence-electron chi connectivity index (χ4n) is 3.46. The largest absolute Gasteiger partial charge is 0.497 e. The second-order valence-electron chi connectivity index (χ2n) is 7.94. The number of thiazole rings is 1. The number of hydrogen-bond acceptors (Lipinski definition) is 7. The number of methoxy groups -OCH3 is 1. The predicted molar refractivity (Wildman–Crippen MR) is 117 cm³/mol. The van der Waals surface area contributed by atoms with E-state index in [1.807, 2.05) is 31.2 Å². The van der Waals surface area contributed by atoms with Gasteiger partial charge < -0.3 is 19.5 Å². The molecule has 1 N–H and O–H groups in total. The van der Waals surface area contributed by atoms with Crippen molar-refractivity contribution in [3.8, 4) is 11.5 Å². The average molecular weight is 434 g/mol. The van der Waals surface area contributed by atoms with Gasteiger partial charge in [-0.15, -0.1) is 11.3 Å². The number of nitrogens with zero attached hydrogens (tertiary/aromatic N) is 3. The molecule has 8 heteroatoms. The number of benzene rings is 1. The SMILES string of the molecule is COc1ccc(OCc2sc([C@]3(O)CCCN(CC(=O)N(C)C)CC3)nc2C)cc1. The minimum absolute atomic E-state index is 0.0866. The first-order valence-corrected chi connectivity index (χ1v) is 11.0. The molecule has 1 atom stereocenters. The number of rotatable bonds is 7. The summed E-state index contributed by atoms with van der Waals surface area (Å²) in [4.78, 5) is 21.4. The average Bonchev–Trinajstić information content (AvgIpc) is 3.01. The van der Waals surface area contributed by atoms with Crippen molar-refractivity contribution in [3.63, 3.8) is 0 Å². The molecule has 0 radical (unpaired) electrons. The lowest BCUT2D eigenvalue weighted by atomic mass is 9.96. The first kappa shape index (κ1) is 22.5. The Morgan fingerprint density at radius 1 is 1.23 bits per heavy atom. The molecule has 1 saturated heterocycles. The monoisotopic (exact) mass is 433 g/mol. The van der Waals surface area contributed by atoms with Crippen LogP contribution in [0.15, 0.2) is 24.3 Å². The number of hydrogen-bond donors (Lipinski definition) is 1. The normalized spacial score (nSPS) is 19.9. The van der Waals surface area contributed by atoms with Crippen LogP contribution in [0.4, 0.5) is 0 Å². The Morgan fingerprint density at radius 3 is 2.60 bits per heavy atom. The standard InChI is InChI=1S/C22H31N3O4S/c1-16-19(15-29-18-8-6-17(28-4)7-9-18)30-21(23-16)22(27)10-5-12-25(13-11-22)14-20(26)24(2)3/h6-9,27H,5,10-15H2,1-4H3/t22-/m0/s1. The van der Waals surface area contributed by atoms with Gasteiger partial charge in [0.05, 0.1) is 24.2 Å². The minimum Gasteiger partial charge on any atom is -0.497 e. The van der Waals surface area contributed by atoms with Crippen LogP contribution in [0.25, 0.3) is 0 Å². The molecule has 0 saturated carbocycles. The van der Waals surface area contributed by atoms with E-state index >= 15 is 0 Å². The number of carbonyl (C=O) groups is 1. The third-order valence-corrected chi connectivity index (χ3v) is 6.81. The van der Waals surface area contributed by atoms with Gasteiger partial charge in [-0.3, -0.25) is 9.69 Å². The topological polar surface area (TPSA) is 75.1 Å². The first-order valence-electron chi connectivity index (χ1n) is 10.2. The van der Waals surface area contributed by atoms with Crippen molar-refractivity contribution in [2.45, 2.75) is 38.4 Å². The van der Waals surface area contributed by atoms with Crippen molar-refractivity contribution < 1.29 is 19.4 Å². The molecule has 7 nitrogen and oxygen atoms in total. The molecular weight excluding hydrogens is 402 g/mol. The number of amides is 1. The molecule has 1 aromatic carbocycles. The third kappa shape index (κ3) is 5.50. The molecule has 164 valence electrons. The van der Waals surface area contributed by atoms with Gasteiger partial charge in [-0.25, -0.2) is 4.98 Å². The molecule has 0 bridgehead atoms. The smallest absolute Gasteiger partial charge is 0.236 e. The van der Waals surface area contributed by atoms with Crippen LogP contribution < -0.4 is 9.47 Å². The van der Waals surface area contributed by atoms with E-state index in [4.69, 9.17) is 9.47 Å². The van der Waals surface area contributed by atoms with E-state index in [2.05, 4.69) is 9.88 Å². The molecule has 2 aromatic rings. The van der Waals surface area contributed by atoms with Crippen LogP contribution in [-0.2, 0) is 17.0 Å². The molecule has 30 heavy (non-hydrogen) atoms. The van der Waals surface area contributed by atoms with Crippen molar-refractivity contribution in [2.75, 3.05) is 40.8 Å². The van der Waals surface area contributed by atoms with Gasteiger partial charge >= 0.3 is 0 Å². The van der Waals surface area contributed by atoms with Crippen molar-refractivity contribution in [1.29, 1.82) is 0 Å². The summed E-state index contributed by atoms with van der Waals surface area (Å²) in [5.41, 5.74) is -0.0650. The molecule has 0 unspecified atom stereocenters. The van der Waals surface area contributed by atoms with E-state index in [1.165, 1.54) is 11.3 Å². The van der Waals surface area contributed by atoms with Crippen LogP contribution in [-0.4, -0.2) is 66.6 Å². The Balaban J connectivity index is 1.63. The molecule has 1 fully saturated rings. The number of carbonyl (C=O) groups excluding carboxylic acids is 1. The van der Waals surface area contributed by atoms with Crippen LogP contribution >= 0.6 is 11.3 Å². The number of aryl methyl sites for hydroxylation is 1. The Kier molecular flexibility index (Phi) is 7.33. The van der Waals surface area contributed by atoms with E-state index in [0.717, 1.165) is 40.0 Å². The highest BCUT2D eigenvalue weighted by Crippen LogP contribution is 2.36. The Morgan fingerprint density at radius 2 is 1.93 bits per heavy atom. The highest BCUT2D eigenvalue weighted by molar-refractivity contribution is 7.11. The van der Waals surface area contributed by atoms with Crippen LogP contribution in [0.3, 0.4) is 0 Å². The number of likely N-dealkylation sites (tertiary alicyclic amines) is 1. The van der Waals surface area contributed by atoms with Crippen molar-refractivity contribution >= 4 is 17.2 Å². The van der Waals surface area contributed by atoms with E-state index in [-0.39, 0.29) is 5.91 Å². The second-order valence-corrected chi connectivity index (χ2v) is 9.02. The highest BCUT2D eigenvalue weighted by Gasteiger charge is 2.35. The summed E-state index contributed by atoms with van der Waals surface area (Å²) >= 11 is 1.52. The van der Waals surface area contributed by atoms with E-state index in [1.54, 1.807) is 26.1 Å². The zero-order chi connectivity index (χ0) is 21.7. The number of ether oxygens (including phenoxy) is 2. The van der Waals surface area contributed by atoms with E-state index < -0.39 is 5.60 Å². The molecule has 2 heterocycles. The van der Waals surface area contributed by atoms with Crippen LogP contribution in [0.5, 0.6) is 11.5 Å². The lowest BCUT2D eigenvalue weighted by Crippen LogP contribution is -2.37. The summed E-state index contributed by atoms with van der Waals surface area (Å²) < 4.78 is 11.1. The van der Waals surface area contributed by atoms with Crippen LogP contribution in [0.2, 0.25) is 0 Å².